The van der Waals surface area contributed by atoms with Crippen LogP contribution in [0, 0.1) is 0 Å². The van der Waals surface area contributed by atoms with Gasteiger partial charge in [-0.3, -0.25) is 0 Å². The Balaban J connectivity index is 2.18. The van der Waals surface area contributed by atoms with Crippen molar-refractivity contribution in [3.05, 3.63) is 42.0 Å². The number of hydrogen-bond donors (Lipinski definition) is 1. The standard InChI is InChI=1S/C16H13F3N2O2/c1-22-11-6-7-12(23-2)14-13(11)20-15(21-14)9-4-3-5-10(8-9)16(17,18)19/h3-8H,1-2H3,(H,20,21). The molecule has 23 heavy (non-hydrogen) atoms. The Bertz CT molecular complexity index is 815. The lowest BCUT2D eigenvalue weighted by Gasteiger charge is -2.07. The summed E-state index contributed by atoms with van der Waals surface area (Å²) in [5, 5.41) is 0. The minimum absolute atomic E-state index is 0.314. The Morgan fingerprint density at radius 1 is 1.00 bits per heavy atom. The van der Waals surface area contributed by atoms with Gasteiger partial charge in [0.15, 0.2) is 0 Å². The van der Waals surface area contributed by atoms with Crippen LogP contribution in [0.15, 0.2) is 36.4 Å². The van der Waals surface area contributed by atoms with Gasteiger partial charge in [-0.25, -0.2) is 4.98 Å². The Morgan fingerprint density at radius 3 is 2.35 bits per heavy atom. The van der Waals surface area contributed by atoms with Crippen LogP contribution in [0.4, 0.5) is 13.2 Å². The number of H-pyrrole nitrogens is 1. The molecule has 2 aromatic carbocycles. The van der Waals surface area contributed by atoms with Gasteiger partial charge < -0.3 is 14.5 Å². The molecule has 0 bridgehead atoms. The maximum atomic E-state index is 12.9. The minimum atomic E-state index is -4.41. The highest BCUT2D eigenvalue weighted by molar-refractivity contribution is 5.89. The Morgan fingerprint density at radius 2 is 1.70 bits per heavy atom. The summed E-state index contributed by atoms with van der Waals surface area (Å²) >= 11 is 0. The smallest absolute Gasteiger partial charge is 0.416 e. The highest BCUT2D eigenvalue weighted by Gasteiger charge is 2.30. The van der Waals surface area contributed by atoms with E-state index in [0.29, 0.717) is 33.9 Å². The van der Waals surface area contributed by atoms with Gasteiger partial charge in [0.2, 0.25) is 0 Å². The third-order valence-electron chi connectivity index (χ3n) is 3.47. The second kappa shape index (κ2) is 5.49. The summed E-state index contributed by atoms with van der Waals surface area (Å²) in [7, 11) is 3.01. The van der Waals surface area contributed by atoms with E-state index in [9.17, 15) is 13.2 Å². The SMILES string of the molecule is COc1ccc(OC)c2[nH]c(-c3cccc(C(F)(F)F)c3)nc12. The van der Waals surface area contributed by atoms with E-state index in [-0.39, 0.29) is 0 Å². The second-order valence-electron chi connectivity index (χ2n) is 4.86. The first-order chi connectivity index (χ1) is 10.9. The third kappa shape index (κ3) is 2.69. The fourth-order valence-corrected chi connectivity index (χ4v) is 2.36. The predicted molar refractivity (Wildman–Crippen MR) is 79.6 cm³/mol. The van der Waals surface area contributed by atoms with Crippen molar-refractivity contribution in [2.24, 2.45) is 0 Å². The van der Waals surface area contributed by atoms with Crippen LogP contribution in [-0.2, 0) is 6.18 Å². The number of aromatic nitrogens is 2. The lowest BCUT2D eigenvalue weighted by Crippen LogP contribution is -2.04. The quantitative estimate of drug-likeness (QED) is 0.783. The zero-order valence-electron chi connectivity index (χ0n) is 12.4. The topological polar surface area (TPSA) is 47.1 Å². The molecule has 0 atom stereocenters. The number of rotatable bonds is 3. The fraction of sp³-hybridized carbons (Fsp3) is 0.188. The van der Waals surface area contributed by atoms with E-state index < -0.39 is 11.7 Å². The number of methoxy groups -OCH3 is 2. The van der Waals surface area contributed by atoms with Crippen LogP contribution in [0.25, 0.3) is 22.4 Å². The summed E-state index contributed by atoms with van der Waals surface area (Å²) in [4.78, 5) is 7.36. The molecule has 3 aromatic rings. The van der Waals surface area contributed by atoms with Crippen molar-refractivity contribution < 1.29 is 22.6 Å². The summed E-state index contributed by atoms with van der Waals surface area (Å²) in [6, 6.07) is 8.38. The van der Waals surface area contributed by atoms with Crippen LogP contribution >= 0.6 is 0 Å². The van der Waals surface area contributed by atoms with Crippen LogP contribution in [0.2, 0.25) is 0 Å². The van der Waals surface area contributed by atoms with Crippen molar-refractivity contribution in [1.82, 2.24) is 9.97 Å². The van der Waals surface area contributed by atoms with Crippen molar-refractivity contribution >= 4 is 11.0 Å². The van der Waals surface area contributed by atoms with E-state index in [0.717, 1.165) is 12.1 Å². The lowest BCUT2D eigenvalue weighted by atomic mass is 10.1. The number of ether oxygens (including phenoxy) is 2. The number of nitrogens with zero attached hydrogens (tertiary/aromatic N) is 1. The summed E-state index contributed by atoms with van der Waals surface area (Å²) in [5.41, 5.74) is 0.674. The monoisotopic (exact) mass is 322 g/mol. The molecular weight excluding hydrogens is 309 g/mol. The zero-order valence-corrected chi connectivity index (χ0v) is 12.4. The molecule has 1 N–H and O–H groups in total. The van der Waals surface area contributed by atoms with E-state index in [4.69, 9.17) is 9.47 Å². The lowest BCUT2D eigenvalue weighted by molar-refractivity contribution is -0.137. The van der Waals surface area contributed by atoms with Gasteiger partial charge in [-0.05, 0) is 24.3 Å². The molecular formula is C16H13F3N2O2. The molecule has 0 spiro atoms. The molecule has 0 fully saturated rings. The van der Waals surface area contributed by atoms with Crippen molar-refractivity contribution in [2.75, 3.05) is 14.2 Å². The Labute approximate surface area is 129 Å². The van der Waals surface area contributed by atoms with Crippen LogP contribution < -0.4 is 9.47 Å². The van der Waals surface area contributed by atoms with Gasteiger partial charge in [0.05, 0.1) is 19.8 Å². The van der Waals surface area contributed by atoms with E-state index in [2.05, 4.69) is 9.97 Å². The number of nitrogens with one attached hydrogen (secondary N) is 1. The molecule has 0 saturated heterocycles. The average molecular weight is 322 g/mol. The maximum absolute atomic E-state index is 12.9. The average Bonchev–Trinajstić information content (AvgIpc) is 2.98. The summed E-state index contributed by atoms with van der Waals surface area (Å²) in [6.45, 7) is 0. The molecule has 7 heteroatoms. The van der Waals surface area contributed by atoms with Gasteiger partial charge in [-0.2, -0.15) is 13.2 Å². The molecule has 1 heterocycles. The number of aromatic amines is 1. The molecule has 0 unspecified atom stereocenters. The summed E-state index contributed by atoms with van der Waals surface area (Å²) in [5.74, 6) is 1.36. The third-order valence-corrected chi connectivity index (χ3v) is 3.47. The number of hydrogen-bond acceptors (Lipinski definition) is 3. The molecule has 120 valence electrons. The number of alkyl halides is 3. The van der Waals surface area contributed by atoms with Crippen molar-refractivity contribution in [3.8, 4) is 22.9 Å². The highest BCUT2D eigenvalue weighted by atomic mass is 19.4. The van der Waals surface area contributed by atoms with Crippen LogP contribution in [0.1, 0.15) is 5.56 Å². The number of benzene rings is 2. The number of halogens is 3. The zero-order chi connectivity index (χ0) is 16.6. The van der Waals surface area contributed by atoms with Crippen molar-refractivity contribution in [3.63, 3.8) is 0 Å². The minimum Gasteiger partial charge on any atom is -0.494 e. The van der Waals surface area contributed by atoms with Gasteiger partial charge in [0.25, 0.3) is 0 Å². The Hall–Kier alpha value is -2.70. The summed E-state index contributed by atoms with van der Waals surface area (Å²) < 4.78 is 49.0. The second-order valence-corrected chi connectivity index (χ2v) is 4.86. The van der Waals surface area contributed by atoms with Crippen LogP contribution in [0.5, 0.6) is 11.5 Å². The van der Waals surface area contributed by atoms with Crippen molar-refractivity contribution in [2.45, 2.75) is 6.18 Å². The van der Waals surface area contributed by atoms with Gasteiger partial charge in [0, 0.05) is 5.56 Å². The molecule has 0 amide bonds. The maximum Gasteiger partial charge on any atom is 0.416 e. The van der Waals surface area contributed by atoms with Gasteiger partial charge in [0.1, 0.15) is 28.4 Å². The first-order valence-corrected chi connectivity index (χ1v) is 6.72. The Kier molecular flexibility index (Phi) is 3.63. The largest absolute Gasteiger partial charge is 0.494 e. The van der Waals surface area contributed by atoms with Gasteiger partial charge in [-0.15, -0.1) is 0 Å². The summed E-state index contributed by atoms with van der Waals surface area (Å²) in [6.07, 6.45) is -4.41. The molecule has 0 saturated carbocycles. The molecule has 0 aliphatic carbocycles. The molecule has 1 aromatic heterocycles. The molecule has 3 rings (SSSR count). The van der Waals surface area contributed by atoms with Gasteiger partial charge >= 0.3 is 6.18 Å². The van der Waals surface area contributed by atoms with E-state index in [1.54, 1.807) is 18.2 Å². The van der Waals surface area contributed by atoms with Crippen molar-refractivity contribution in [1.29, 1.82) is 0 Å². The highest BCUT2D eigenvalue weighted by Crippen LogP contribution is 2.35. The van der Waals surface area contributed by atoms with E-state index >= 15 is 0 Å². The van der Waals surface area contributed by atoms with E-state index in [1.165, 1.54) is 20.3 Å². The number of imidazole rings is 1. The number of fused-ring (bicyclic) bond motifs is 1. The first-order valence-electron chi connectivity index (χ1n) is 6.72. The molecule has 0 radical (unpaired) electrons. The van der Waals surface area contributed by atoms with Crippen LogP contribution in [-0.4, -0.2) is 24.2 Å². The first kappa shape index (κ1) is 15.2. The molecule has 4 nitrogen and oxygen atoms in total. The predicted octanol–water partition coefficient (Wildman–Crippen LogP) is 4.27. The molecule has 0 aliphatic rings. The van der Waals surface area contributed by atoms with Crippen LogP contribution in [0.3, 0.4) is 0 Å². The molecule has 0 aliphatic heterocycles. The fourth-order valence-electron chi connectivity index (χ4n) is 2.36. The van der Waals surface area contributed by atoms with E-state index in [1.807, 2.05) is 0 Å². The van der Waals surface area contributed by atoms with Gasteiger partial charge in [-0.1, -0.05) is 12.1 Å². The normalized spacial score (nSPS) is 11.7.